The molecule has 0 bridgehead atoms. The first kappa shape index (κ1) is 23.8. The number of rotatable bonds is 7. The van der Waals surface area contributed by atoms with Gasteiger partial charge in [0, 0.05) is 24.1 Å². The Balaban J connectivity index is 1.70. The maximum atomic E-state index is 12.2. The molecule has 2 aromatic rings. The molecule has 0 spiro atoms. The second-order valence-electron chi connectivity index (χ2n) is 6.76. The van der Waals surface area contributed by atoms with Crippen molar-refractivity contribution in [2.45, 2.75) is 33.6 Å². The van der Waals surface area contributed by atoms with Gasteiger partial charge in [-0.2, -0.15) is 0 Å². The molecule has 0 heterocycles. The molecule has 2 aromatic carbocycles. The minimum absolute atomic E-state index is 0.00569. The number of nitrogens with one attached hydrogen (secondary N) is 4. The fourth-order valence-corrected chi connectivity index (χ4v) is 2.68. The van der Waals surface area contributed by atoms with Crippen LogP contribution in [-0.4, -0.2) is 29.4 Å². The molecule has 3 amide bonds. The molecule has 0 saturated carbocycles. The summed E-state index contributed by atoms with van der Waals surface area (Å²) in [6.45, 7) is 6.35. The van der Waals surface area contributed by atoms with Crippen molar-refractivity contribution < 1.29 is 19.1 Å². The molecule has 0 aliphatic rings. The second kappa shape index (κ2) is 11.7. The highest BCUT2D eigenvalue weighted by atomic mass is 32.1. The van der Waals surface area contributed by atoms with Crippen LogP contribution in [0.5, 0.6) is 5.75 Å². The van der Waals surface area contributed by atoms with Crippen LogP contribution >= 0.6 is 12.2 Å². The minimum atomic E-state index is -0.437. The predicted molar refractivity (Wildman–Crippen MR) is 123 cm³/mol. The van der Waals surface area contributed by atoms with E-state index in [2.05, 4.69) is 21.5 Å². The molecule has 4 N–H and O–H groups in total. The molecule has 0 atom stereocenters. The van der Waals surface area contributed by atoms with Gasteiger partial charge in [0.2, 0.25) is 11.8 Å². The Morgan fingerprint density at radius 2 is 1.58 bits per heavy atom. The number of amides is 3. The summed E-state index contributed by atoms with van der Waals surface area (Å²) in [5.74, 6) is -0.478. The molecule has 0 aliphatic carbocycles. The van der Waals surface area contributed by atoms with E-state index in [1.165, 1.54) is 0 Å². The van der Waals surface area contributed by atoms with Gasteiger partial charge in [-0.1, -0.05) is 6.07 Å². The molecule has 31 heavy (non-hydrogen) atoms. The van der Waals surface area contributed by atoms with Crippen molar-refractivity contribution in [3.63, 3.8) is 0 Å². The highest BCUT2D eigenvalue weighted by Gasteiger charge is 2.10. The maximum absolute atomic E-state index is 12.2. The molecule has 0 fully saturated rings. The Morgan fingerprint density at radius 1 is 0.903 bits per heavy atom. The molecule has 164 valence electrons. The van der Waals surface area contributed by atoms with E-state index >= 15 is 0 Å². The summed E-state index contributed by atoms with van der Waals surface area (Å²) in [6, 6.07) is 12.2. The monoisotopic (exact) mass is 442 g/mol. The highest BCUT2D eigenvalue weighted by Crippen LogP contribution is 2.14. The molecule has 0 unspecified atom stereocenters. The van der Waals surface area contributed by atoms with Crippen molar-refractivity contribution in [1.29, 1.82) is 0 Å². The van der Waals surface area contributed by atoms with E-state index in [4.69, 9.17) is 17.0 Å². The van der Waals surface area contributed by atoms with Crippen LogP contribution in [0.1, 0.15) is 41.3 Å². The van der Waals surface area contributed by atoms with Crippen molar-refractivity contribution in [2.75, 3.05) is 11.9 Å². The second-order valence-corrected chi connectivity index (χ2v) is 7.17. The zero-order chi connectivity index (χ0) is 22.8. The Labute approximate surface area is 186 Å². The van der Waals surface area contributed by atoms with Crippen molar-refractivity contribution >= 4 is 40.7 Å². The van der Waals surface area contributed by atoms with Gasteiger partial charge in [0.05, 0.1) is 6.61 Å². The number of hydrazine groups is 1. The Kier molecular flexibility index (Phi) is 8.95. The largest absolute Gasteiger partial charge is 0.494 e. The van der Waals surface area contributed by atoms with Crippen LogP contribution in [0.3, 0.4) is 0 Å². The first-order chi connectivity index (χ1) is 14.8. The third-order valence-electron chi connectivity index (χ3n) is 4.34. The quantitative estimate of drug-likeness (QED) is 0.388. The molecule has 8 nitrogen and oxygen atoms in total. The zero-order valence-corrected chi connectivity index (χ0v) is 18.5. The van der Waals surface area contributed by atoms with Crippen LogP contribution in [-0.2, 0) is 9.59 Å². The SMILES string of the molecule is CCOc1ccc(C(=O)NC(=S)NNC(=O)CCC(=O)Nc2ccc(C)c(C)c2)cc1. The van der Waals surface area contributed by atoms with Crippen molar-refractivity contribution in [3.8, 4) is 5.75 Å². The van der Waals surface area contributed by atoms with Gasteiger partial charge in [0.25, 0.3) is 5.91 Å². The van der Waals surface area contributed by atoms with Crippen LogP contribution in [0.15, 0.2) is 42.5 Å². The minimum Gasteiger partial charge on any atom is -0.494 e. The van der Waals surface area contributed by atoms with E-state index in [1.807, 2.05) is 39.0 Å². The Bertz CT molecular complexity index is 960. The van der Waals surface area contributed by atoms with Crippen LogP contribution in [0.2, 0.25) is 0 Å². The predicted octanol–water partition coefficient (Wildman–Crippen LogP) is 2.76. The number of carbonyl (C=O) groups is 3. The van der Waals surface area contributed by atoms with Crippen molar-refractivity contribution in [3.05, 3.63) is 59.2 Å². The fraction of sp³-hybridized carbons (Fsp3) is 0.273. The lowest BCUT2D eigenvalue weighted by atomic mass is 10.1. The third-order valence-corrected chi connectivity index (χ3v) is 4.54. The summed E-state index contributed by atoms with van der Waals surface area (Å²) in [5.41, 5.74) is 8.08. The number of carbonyl (C=O) groups excluding carboxylic acids is 3. The fourth-order valence-electron chi connectivity index (χ4n) is 2.53. The van der Waals surface area contributed by atoms with Crippen molar-refractivity contribution in [2.24, 2.45) is 0 Å². The number of anilines is 1. The van der Waals surface area contributed by atoms with Gasteiger partial charge >= 0.3 is 0 Å². The lowest BCUT2D eigenvalue weighted by Crippen LogP contribution is -2.48. The van der Waals surface area contributed by atoms with Gasteiger partial charge in [-0.25, -0.2) is 0 Å². The number of benzene rings is 2. The van der Waals surface area contributed by atoms with Crippen LogP contribution in [0, 0.1) is 13.8 Å². The van der Waals surface area contributed by atoms with Gasteiger partial charge in [0.15, 0.2) is 5.11 Å². The van der Waals surface area contributed by atoms with E-state index in [0.29, 0.717) is 23.6 Å². The average molecular weight is 443 g/mol. The molecular weight excluding hydrogens is 416 g/mol. The summed E-state index contributed by atoms with van der Waals surface area (Å²) in [7, 11) is 0. The number of hydrogen-bond acceptors (Lipinski definition) is 5. The molecule has 9 heteroatoms. The Hall–Kier alpha value is -3.46. The molecular formula is C22H26N4O4S. The summed E-state index contributed by atoms with van der Waals surface area (Å²) >= 11 is 5.00. The van der Waals surface area contributed by atoms with Gasteiger partial charge in [-0.15, -0.1) is 0 Å². The van der Waals surface area contributed by atoms with Gasteiger partial charge in [0.1, 0.15) is 5.75 Å². The van der Waals surface area contributed by atoms with E-state index in [0.717, 1.165) is 11.1 Å². The Morgan fingerprint density at radius 3 is 2.23 bits per heavy atom. The lowest BCUT2D eigenvalue weighted by molar-refractivity contribution is -0.124. The first-order valence-corrected chi connectivity index (χ1v) is 10.2. The summed E-state index contributed by atoms with van der Waals surface area (Å²) in [4.78, 5) is 36.1. The van der Waals surface area contributed by atoms with Crippen LogP contribution < -0.4 is 26.2 Å². The van der Waals surface area contributed by atoms with Crippen molar-refractivity contribution in [1.82, 2.24) is 16.2 Å². The normalized spacial score (nSPS) is 10.0. The molecule has 2 rings (SSSR count). The van der Waals surface area contributed by atoms with Gasteiger partial charge in [-0.3, -0.25) is 30.6 Å². The molecule has 0 radical (unpaired) electrons. The summed E-state index contributed by atoms with van der Waals surface area (Å²) in [5, 5.41) is 5.15. The van der Waals surface area contributed by atoms with Crippen LogP contribution in [0.25, 0.3) is 0 Å². The van der Waals surface area contributed by atoms with E-state index in [1.54, 1.807) is 24.3 Å². The molecule has 0 aromatic heterocycles. The number of aryl methyl sites for hydroxylation is 2. The van der Waals surface area contributed by atoms with Gasteiger partial charge < -0.3 is 10.1 Å². The van der Waals surface area contributed by atoms with Crippen LogP contribution in [0.4, 0.5) is 5.69 Å². The van der Waals surface area contributed by atoms with E-state index in [9.17, 15) is 14.4 Å². The van der Waals surface area contributed by atoms with E-state index in [-0.39, 0.29) is 23.9 Å². The standard InChI is InChI=1S/C22H26N4O4S/c1-4-30-18-9-6-16(7-10-18)21(29)24-22(31)26-25-20(28)12-11-19(27)23-17-8-5-14(2)15(3)13-17/h5-10,13H,4,11-12H2,1-3H3,(H,23,27)(H,25,28)(H2,24,26,29,31). The first-order valence-electron chi connectivity index (χ1n) is 9.78. The number of ether oxygens (including phenoxy) is 1. The molecule has 0 aliphatic heterocycles. The van der Waals surface area contributed by atoms with E-state index < -0.39 is 11.8 Å². The molecule has 0 saturated heterocycles. The summed E-state index contributed by atoms with van der Waals surface area (Å²) < 4.78 is 5.32. The topological polar surface area (TPSA) is 109 Å². The smallest absolute Gasteiger partial charge is 0.257 e. The number of thiocarbonyl (C=S) groups is 1. The zero-order valence-electron chi connectivity index (χ0n) is 17.7. The maximum Gasteiger partial charge on any atom is 0.257 e. The third kappa shape index (κ3) is 8.06. The van der Waals surface area contributed by atoms with Gasteiger partial charge in [-0.05, 0) is 80.5 Å². The lowest BCUT2D eigenvalue weighted by Gasteiger charge is -2.11. The highest BCUT2D eigenvalue weighted by molar-refractivity contribution is 7.80. The summed E-state index contributed by atoms with van der Waals surface area (Å²) in [6.07, 6.45) is -0.0368. The average Bonchev–Trinajstić information content (AvgIpc) is 2.74. The number of hydrogen-bond donors (Lipinski definition) is 4.